The van der Waals surface area contributed by atoms with Gasteiger partial charge < -0.3 is 15.5 Å². The second-order valence-corrected chi connectivity index (χ2v) is 7.76. The first kappa shape index (κ1) is 22.7. The van der Waals surface area contributed by atoms with Crippen molar-refractivity contribution in [3.05, 3.63) is 95.6 Å². The van der Waals surface area contributed by atoms with Gasteiger partial charge in [0.05, 0.1) is 17.0 Å². The Labute approximate surface area is 186 Å². The van der Waals surface area contributed by atoms with Crippen LogP contribution in [0.5, 0.6) is 0 Å². The third-order valence-electron chi connectivity index (χ3n) is 5.34. The third kappa shape index (κ3) is 5.82. The Bertz CT molecular complexity index is 1090. The second kappa shape index (κ2) is 10.4. The number of amides is 1. The molecule has 0 saturated carbocycles. The van der Waals surface area contributed by atoms with Crippen LogP contribution in [0.3, 0.4) is 0 Å². The molecule has 0 aliphatic carbocycles. The lowest BCUT2D eigenvalue weighted by Gasteiger charge is -2.21. The first-order valence-corrected chi connectivity index (χ1v) is 10.4. The average molecular weight is 431 g/mol. The molecular formula is C26H25NO5. The molecular weight excluding hydrogens is 406 g/mol. The fraction of sp³-hybridized carbons (Fsp3) is 0.192. The average Bonchev–Trinajstić information content (AvgIpc) is 2.80. The van der Waals surface area contributed by atoms with E-state index in [-0.39, 0.29) is 17.5 Å². The van der Waals surface area contributed by atoms with Crippen molar-refractivity contribution in [2.45, 2.75) is 25.8 Å². The van der Waals surface area contributed by atoms with Gasteiger partial charge in [-0.2, -0.15) is 0 Å². The molecule has 3 aromatic carbocycles. The molecule has 0 unspecified atom stereocenters. The van der Waals surface area contributed by atoms with Crippen LogP contribution in [-0.4, -0.2) is 34.1 Å². The predicted molar refractivity (Wildman–Crippen MR) is 122 cm³/mol. The summed E-state index contributed by atoms with van der Waals surface area (Å²) in [6.07, 6.45) is 0.643. The van der Waals surface area contributed by atoms with E-state index < -0.39 is 29.8 Å². The highest BCUT2D eigenvalue weighted by molar-refractivity contribution is 6.04. The lowest BCUT2D eigenvalue weighted by molar-refractivity contribution is -0.141. The fourth-order valence-corrected chi connectivity index (χ4v) is 3.60. The summed E-state index contributed by atoms with van der Waals surface area (Å²) in [5.74, 6) is -3.34. The molecule has 1 amide bonds. The van der Waals surface area contributed by atoms with Gasteiger partial charge in [0.25, 0.3) is 5.91 Å². The molecule has 0 bridgehead atoms. The summed E-state index contributed by atoms with van der Waals surface area (Å²) in [6.45, 7) is 1.59. The van der Waals surface area contributed by atoms with Gasteiger partial charge in [-0.3, -0.25) is 9.59 Å². The van der Waals surface area contributed by atoms with Crippen molar-refractivity contribution in [3.8, 4) is 11.1 Å². The fourth-order valence-electron chi connectivity index (χ4n) is 3.60. The number of carbonyl (C=O) groups excluding carboxylic acids is 1. The highest BCUT2D eigenvalue weighted by Gasteiger charge is 2.23. The topological polar surface area (TPSA) is 104 Å². The van der Waals surface area contributed by atoms with E-state index in [2.05, 4.69) is 5.32 Å². The smallest absolute Gasteiger partial charge is 0.336 e. The van der Waals surface area contributed by atoms with Crippen LogP contribution in [-0.2, 0) is 11.2 Å². The van der Waals surface area contributed by atoms with Crippen molar-refractivity contribution < 1.29 is 24.6 Å². The number of aromatic carboxylic acids is 1. The molecule has 6 nitrogen and oxygen atoms in total. The summed E-state index contributed by atoms with van der Waals surface area (Å²) in [6, 6.07) is 23.3. The highest BCUT2D eigenvalue weighted by atomic mass is 16.4. The van der Waals surface area contributed by atoms with E-state index in [1.165, 1.54) is 12.1 Å². The summed E-state index contributed by atoms with van der Waals surface area (Å²) in [4.78, 5) is 35.7. The summed E-state index contributed by atoms with van der Waals surface area (Å²) in [7, 11) is 0. The molecule has 2 atom stereocenters. The number of carboxylic acid groups (broad SMARTS) is 2. The molecule has 0 heterocycles. The summed E-state index contributed by atoms with van der Waals surface area (Å²) in [5.41, 5.74) is 3.05. The van der Waals surface area contributed by atoms with Gasteiger partial charge >= 0.3 is 11.9 Å². The van der Waals surface area contributed by atoms with Crippen LogP contribution in [0.15, 0.2) is 78.9 Å². The van der Waals surface area contributed by atoms with E-state index >= 15 is 0 Å². The Morgan fingerprint density at radius 3 is 1.94 bits per heavy atom. The number of hydrogen-bond donors (Lipinski definition) is 3. The SMILES string of the molecule is C[C@H](C[C@@H](Cc1ccc(-c2ccccc2)cc1)NC(=O)c1ccccc1C(=O)O)C(=O)O. The minimum absolute atomic E-state index is 0.0485. The summed E-state index contributed by atoms with van der Waals surface area (Å²) < 4.78 is 0. The zero-order valence-electron chi connectivity index (χ0n) is 17.7. The van der Waals surface area contributed by atoms with Gasteiger partial charge in [0.2, 0.25) is 0 Å². The monoisotopic (exact) mass is 431 g/mol. The van der Waals surface area contributed by atoms with Crippen LogP contribution in [0.25, 0.3) is 11.1 Å². The van der Waals surface area contributed by atoms with Gasteiger partial charge in [0.1, 0.15) is 0 Å². The zero-order valence-corrected chi connectivity index (χ0v) is 17.7. The summed E-state index contributed by atoms with van der Waals surface area (Å²) in [5, 5.41) is 21.5. The third-order valence-corrected chi connectivity index (χ3v) is 5.34. The minimum Gasteiger partial charge on any atom is -0.481 e. The number of benzene rings is 3. The van der Waals surface area contributed by atoms with Gasteiger partial charge in [0, 0.05) is 6.04 Å². The van der Waals surface area contributed by atoms with Gasteiger partial charge in [-0.25, -0.2) is 4.79 Å². The van der Waals surface area contributed by atoms with Gasteiger partial charge in [-0.15, -0.1) is 0 Å². The van der Waals surface area contributed by atoms with Crippen molar-refractivity contribution in [1.29, 1.82) is 0 Å². The van der Waals surface area contributed by atoms with E-state index in [4.69, 9.17) is 0 Å². The molecule has 0 aromatic heterocycles. The highest BCUT2D eigenvalue weighted by Crippen LogP contribution is 2.21. The molecule has 3 N–H and O–H groups in total. The predicted octanol–water partition coefficient (Wildman–Crippen LogP) is 4.50. The van der Waals surface area contributed by atoms with Crippen LogP contribution < -0.4 is 5.32 Å². The standard InChI is InChI=1S/C26H25NO5/c1-17(25(29)30)15-21(27-24(28)22-9-5-6-10-23(22)26(31)32)16-18-11-13-20(14-12-18)19-7-3-2-4-8-19/h2-14,17,21H,15-16H2,1H3,(H,27,28)(H,29,30)(H,31,32)/t17-,21+/m1/s1. The molecule has 164 valence electrons. The molecule has 0 spiro atoms. The lowest BCUT2D eigenvalue weighted by Crippen LogP contribution is -2.39. The maximum Gasteiger partial charge on any atom is 0.336 e. The molecule has 0 aliphatic rings. The Hall–Kier alpha value is -3.93. The van der Waals surface area contributed by atoms with Crippen molar-refractivity contribution in [2.24, 2.45) is 5.92 Å². The van der Waals surface area contributed by atoms with Crippen LogP contribution in [0.1, 0.15) is 39.6 Å². The van der Waals surface area contributed by atoms with Gasteiger partial charge in [0.15, 0.2) is 0 Å². The number of aliphatic carboxylic acids is 1. The molecule has 0 aliphatic heterocycles. The molecule has 32 heavy (non-hydrogen) atoms. The number of nitrogens with one attached hydrogen (secondary N) is 1. The molecule has 3 rings (SSSR count). The number of carboxylic acids is 2. The quantitative estimate of drug-likeness (QED) is 0.463. The first-order valence-electron chi connectivity index (χ1n) is 10.4. The van der Waals surface area contributed by atoms with E-state index in [9.17, 15) is 24.6 Å². The Morgan fingerprint density at radius 2 is 1.34 bits per heavy atom. The van der Waals surface area contributed by atoms with E-state index in [1.807, 2.05) is 54.6 Å². The number of hydrogen-bond acceptors (Lipinski definition) is 3. The van der Waals surface area contributed by atoms with Crippen LogP contribution in [0, 0.1) is 5.92 Å². The largest absolute Gasteiger partial charge is 0.481 e. The normalized spacial score (nSPS) is 12.5. The lowest BCUT2D eigenvalue weighted by atomic mass is 9.94. The first-order chi connectivity index (χ1) is 15.3. The molecule has 0 fully saturated rings. The Balaban J connectivity index is 1.79. The molecule has 0 saturated heterocycles. The van der Waals surface area contributed by atoms with Crippen LogP contribution >= 0.6 is 0 Å². The van der Waals surface area contributed by atoms with Crippen LogP contribution in [0.4, 0.5) is 0 Å². The van der Waals surface area contributed by atoms with Crippen molar-refractivity contribution in [3.63, 3.8) is 0 Å². The number of rotatable bonds is 9. The molecule has 0 radical (unpaired) electrons. The van der Waals surface area contributed by atoms with E-state index in [1.54, 1.807) is 19.1 Å². The van der Waals surface area contributed by atoms with Crippen molar-refractivity contribution in [2.75, 3.05) is 0 Å². The summed E-state index contributed by atoms with van der Waals surface area (Å²) >= 11 is 0. The van der Waals surface area contributed by atoms with Crippen LogP contribution in [0.2, 0.25) is 0 Å². The second-order valence-electron chi connectivity index (χ2n) is 7.76. The zero-order chi connectivity index (χ0) is 23.1. The van der Waals surface area contributed by atoms with Gasteiger partial charge in [-0.05, 0) is 41.7 Å². The minimum atomic E-state index is -1.19. The molecule has 3 aromatic rings. The Morgan fingerprint density at radius 1 is 0.781 bits per heavy atom. The maximum atomic E-state index is 12.8. The van der Waals surface area contributed by atoms with E-state index in [0.29, 0.717) is 6.42 Å². The number of carbonyl (C=O) groups is 3. The van der Waals surface area contributed by atoms with Gasteiger partial charge in [-0.1, -0.05) is 73.7 Å². The Kier molecular flexibility index (Phi) is 7.39. The van der Waals surface area contributed by atoms with Crippen molar-refractivity contribution in [1.82, 2.24) is 5.32 Å². The van der Waals surface area contributed by atoms with E-state index in [0.717, 1.165) is 16.7 Å². The van der Waals surface area contributed by atoms with Crippen molar-refractivity contribution >= 4 is 17.8 Å². The molecule has 6 heteroatoms. The maximum absolute atomic E-state index is 12.8.